The van der Waals surface area contributed by atoms with Crippen molar-refractivity contribution in [2.45, 2.75) is 6.04 Å². The Morgan fingerprint density at radius 1 is 1.19 bits per heavy atom. The Morgan fingerprint density at radius 2 is 1.95 bits per heavy atom. The summed E-state index contributed by atoms with van der Waals surface area (Å²) < 4.78 is 5.12. The van der Waals surface area contributed by atoms with Crippen LogP contribution in [0.5, 0.6) is 5.75 Å². The van der Waals surface area contributed by atoms with E-state index in [9.17, 15) is 4.79 Å². The number of benzene rings is 2. The second-order valence-electron chi connectivity index (χ2n) is 4.53. The number of amides is 2. The van der Waals surface area contributed by atoms with Crippen molar-refractivity contribution in [3.63, 3.8) is 0 Å². The normalized spacial score (nSPS) is 11.5. The van der Waals surface area contributed by atoms with Gasteiger partial charge in [0.15, 0.2) is 0 Å². The molecule has 1 atom stereocenters. The molecule has 21 heavy (non-hydrogen) atoms. The molecule has 0 radical (unpaired) electrons. The maximum absolute atomic E-state index is 12.0. The summed E-state index contributed by atoms with van der Waals surface area (Å²) in [5.41, 5.74) is 7.37. The molecule has 1 unspecified atom stereocenters. The van der Waals surface area contributed by atoms with Crippen molar-refractivity contribution in [3.05, 3.63) is 60.2 Å². The average molecular weight is 285 g/mol. The first kappa shape index (κ1) is 14.9. The molecule has 2 aromatic carbocycles. The summed E-state index contributed by atoms with van der Waals surface area (Å²) in [6, 6.07) is 16.3. The van der Waals surface area contributed by atoms with Crippen LogP contribution < -0.4 is 21.1 Å². The van der Waals surface area contributed by atoms with Gasteiger partial charge in [0.25, 0.3) is 0 Å². The highest BCUT2D eigenvalue weighted by Crippen LogP contribution is 2.17. The number of urea groups is 1. The molecule has 0 bridgehead atoms. The van der Waals surface area contributed by atoms with Crippen LogP contribution in [-0.4, -0.2) is 19.7 Å². The molecule has 0 saturated heterocycles. The summed E-state index contributed by atoms with van der Waals surface area (Å²) in [4.78, 5) is 12.0. The summed E-state index contributed by atoms with van der Waals surface area (Å²) in [6.45, 7) is 0.329. The lowest BCUT2D eigenvalue weighted by molar-refractivity contribution is 0.249. The zero-order valence-electron chi connectivity index (χ0n) is 11.9. The van der Waals surface area contributed by atoms with Crippen LogP contribution in [0.3, 0.4) is 0 Å². The Kier molecular flexibility index (Phi) is 5.17. The zero-order chi connectivity index (χ0) is 15.1. The molecular weight excluding hydrogens is 266 g/mol. The summed E-state index contributed by atoms with van der Waals surface area (Å²) in [5, 5.41) is 5.62. The summed E-state index contributed by atoms with van der Waals surface area (Å²) in [6.07, 6.45) is 0. The van der Waals surface area contributed by atoms with Crippen LogP contribution in [0.4, 0.5) is 10.5 Å². The van der Waals surface area contributed by atoms with Gasteiger partial charge in [-0.05, 0) is 17.7 Å². The Labute approximate surface area is 124 Å². The lowest BCUT2D eigenvalue weighted by Gasteiger charge is -2.18. The zero-order valence-corrected chi connectivity index (χ0v) is 11.9. The molecule has 0 fully saturated rings. The molecule has 2 amide bonds. The van der Waals surface area contributed by atoms with Crippen molar-refractivity contribution in [2.24, 2.45) is 5.73 Å². The number of anilines is 1. The van der Waals surface area contributed by atoms with E-state index >= 15 is 0 Å². The Bertz CT molecular complexity index is 587. The van der Waals surface area contributed by atoms with Gasteiger partial charge in [0.05, 0.1) is 13.2 Å². The smallest absolute Gasteiger partial charge is 0.319 e. The second-order valence-corrected chi connectivity index (χ2v) is 4.53. The van der Waals surface area contributed by atoms with Crippen LogP contribution in [-0.2, 0) is 0 Å². The van der Waals surface area contributed by atoms with Crippen molar-refractivity contribution in [2.75, 3.05) is 19.0 Å². The van der Waals surface area contributed by atoms with Gasteiger partial charge < -0.3 is 21.1 Å². The van der Waals surface area contributed by atoms with Gasteiger partial charge in [-0.3, -0.25) is 0 Å². The first-order valence-corrected chi connectivity index (χ1v) is 6.69. The fourth-order valence-electron chi connectivity index (χ4n) is 1.99. The fraction of sp³-hybridized carbons (Fsp3) is 0.188. The van der Waals surface area contributed by atoms with E-state index in [-0.39, 0.29) is 12.1 Å². The standard InChI is InChI=1S/C16H19N3O2/c1-21-14-9-5-8-13(10-14)18-16(20)19-15(11-17)12-6-3-2-4-7-12/h2-10,15H,11,17H2,1H3,(H2,18,19,20). The maximum Gasteiger partial charge on any atom is 0.319 e. The lowest BCUT2D eigenvalue weighted by Crippen LogP contribution is -2.36. The number of methoxy groups -OCH3 is 1. The number of carbonyl (C=O) groups excluding carboxylic acids is 1. The van der Waals surface area contributed by atoms with Crippen LogP contribution in [0, 0.1) is 0 Å². The first-order valence-electron chi connectivity index (χ1n) is 6.69. The third kappa shape index (κ3) is 4.22. The van der Waals surface area contributed by atoms with E-state index in [2.05, 4.69) is 10.6 Å². The van der Waals surface area contributed by atoms with E-state index in [1.165, 1.54) is 0 Å². The molecule has 4 N–H and O–H groups in total. The third-order valence-electron chi connectivity index (χ3n) is 3.07. The first-order chi connectivity index (χ1) is 10.2. The average Bonchev–Trinajstić information content (AvgIpc) is 2.53. The molecule has 0 saturated carbocycles. The number of nitrogens with two attached hydrogens (primary N) is 1. The number of nitrogens with one attached hydrogen (secondary N) is 2. The van der Waals surface area contributed by atoms with Gasteiger partial charge in [0.2, 0.25) is 0 Å². The van der Waals surface area contributed by atoms with E-state index in [1.807, 2.05) is 42.5 Å². The van der Waals surface area contributed by atoms with Gasteiger partial charge in [-0.2, -0.15) is 0 Å². The Morgan fingerprint density at radius 3 is 2.62 bits per heavy atom. The molecule has 0 aliphatic rings. The minimum Gasteiger partial charge on any atom is -0.497 e. The van der Waals surface area contributed by atoms with Gasteiger partial charge >= 0.3 is 6.03 Å². The SMILES string of the molecule is COc1cccc(NC(=O)NC(CN)c2ccccc2)c1. The van der Waals surface area contributed by atoms with Gasteiger partial charge in [-0.25, -0.2) is 4.79 Å². The van der Waals surface area contributed by atoms with E-state index in [0.717, 1.165) is 5.56 Å². The Balaban J connectivity index is 2.00. The second kappa shape index (κ2) is 7.31. The third-order valence-corrected chi connectivity index (χ3v) is 3.07. The summed E-state index contributed by atoms with van der Waals surface area (Å²) in [5.74, 6) is 0.686. The number of rotatable bonds is 5. The van der Waals surface area contributed by atoms with Crippen LogP contribution in [0.15, 0.2) is 54.6 Å². The highest BCUT2D eigenvalue weighted by molar-refractivity contribution is 5.89. The molecule has 0 aliphatic heterocycles. The highest BCUT2D eigenvalue weighted by Gasteiger charge is 2.12. The van der Waals surface area contributed by atoms with Gasteiger partial charge in [0, 0.05) is 18.3 Å². The molecule has 2 rings (SSSR count). The van der Waals surface area contributed by atoms with Crippen molar-refractivity contribution < 1.29 is 9.53 Å². The van der Waals surface area contributed by atoms with Crippen molar-refractivity contribution in [3.8, 4) is 5.75 Å². The fourth-order valence-corrected chi connectivity index (χ4v) is 1.99. The van der Waals surface area contributed by atoms with Crippen LogP contribution in [0.2, 0.25) is 0 Å². The van der Waals surface area contributed by atoms with E-state index < -0.39 is 0 Å². The number of carbonyl (C=O) groups is 1. The van der Waals surface area contributed by atoms with Gasteiger partial charge in [0.1, 0.15) is 5.75 Å². The highest BCUT2D eigenvalue weighted by atomic mass is 16.5. The van der Waals surface area contributed by atoms with E-state index in [4.69, 9.17) is 10.5 Å². The largest absolute Gasteiger partial charge is 0.497 e. The predicted molar refractivity (Wildman–Crippen MR) is 83.4 cm³/mol. The molecular formula is C16H19N3O2. The minimum absolute atomic E-state index is 0.225. The lowest BCUT2D eigenvalue weighted by atomic mass is 10.1. The molecule has 0 spiro atoms. The molecule has 2 aromatic rings. The van der Waals surface area contributed by atoms with Crippen LogP contribution in [0.1, 0.15) is 11.6 Å². The molecule has 5 nitrogen and oxygen atoms in total. The summed E-state index contributed by atoms with van der Waals surface area (Å²) in [7, 11) is 1.58. The minimum atomic E-state index is -0.303. The monoisotopic (exact) mass is 285 g/mol. The van der Waals surface area contributed by atoms with Gasteiger partial charge in [-0.15, -0.1) is 0 Å². The van der Waals surface area contributed by atoms with Crippen LogP contribution >= 0.6 is 0 Å². The molecule has 0 heterocycles. The topological polar surface area (TPSA) is 76.4 Å². The van der Waals surface area contributed by atoms with Crippen molar-refractivity contribution in [1.82, 2.24) is 5.32 Å². The number of hydrogen-bond donors (Lipinski definition) is 3. The molecule has 0 aliphatic carbocycles. The summed E-state index contributed by atoms with van der Waals surface area (Å²) >= 11 is 0. The number of hydrogen-bond acceptors (Lipinski definition) is 3. The van der Waals surface area contributed by atoms with E-state index in [0.29, 0.717) is 18.0 Å². The predicted octanol–water partition coefficient (Wildman–Crippen LogP) is 2.52. The van der Waals surface area contributed by atoms with Crippen molar-refractivity contribution in [1.29, 1.82) is 0 Å². The maximum atomic E-state index is 12.0. The van der Waals surface area contributed by atoms with E-state index in [1.54, 1.807) is 19.2 Å². The number of ether oxygens (including phenoxy) is 1. The molecule has 0 aromatic heterocycles. The molecule has 5 heteroatoms. The quantitative estimate of drug-likeness (QED) is 0.790. The Hall–Kier alpha value is -2.53. The van der Waals surface area contributed by atoms with Gasteiger partial charge in [-0.1, -0.05) is 36.4 Å². The van der Waals surface area contributed by atoms with Crippen LogP contribution in [0.25, 0.3) is 0 Å². The molecule has 110 valence electrons. The van der Waals surface area contributed by atoms with Crippen molar-refractivity contribution >= 4 is 11.7 Å².